The van der Waals surface area contributed by atoms with Crippen LogP contribution >= 0.6 is 11.3 Å². The molecule has 0 bridgehead atoms. The van der Waals surface area contributed by atoms with E-state index in [4.69, 9.17) is 9.47 Å². The SMILES string of the molecule is CCCCCOc1nccc(Oc2cccs2)n1. The van der Waals surface area contributed by atoms with Crippen LogP contribution in [0.25, 0.3) is 0 Å². The molecule has 2 aromatic rings. The lowest BCUT2D eigenvalue weighted by Crippen LogP contribution is -2.01. The van der Waals surface area contributed by atoms with E-state index in [-0.39, 0.29) is 0 Å². The van der Waals surface area contributed by atoms with Crippen LogP contribution in [0.15, 0.2) is 29.8 Å². The summed E-state index contributed by atoms with van der Waals surface area (Å²) >= 11 is 1.52. The van der Waals surface area contributed by atoms with E-state index in [0.717, 1.165) is 17.9 Å². The van der Waals surface area contributed by atoms with E-state index in [9.17, 15) is 0 Å². The maximum absolute atomic E-state index is 5.57. The molecule has 0 saturated heterocycles. The number of nitrogens with zero attached hydrogens (tertiary/aromatic N) is 2. The maximum Gasteiger partial charge on any atom is 0.319 e. The van der Waals surface area contributed by atoms with Gasteiger partial charge in [-0.3, -0.25) is 0 Å². The van der Waals surface area contributed by atoms with Gasteiger partial charge in [0.25, 0.3) is 0 Å². The first-order valence-corrected chi connectivity index (χ1v) is 6.93. The van der Waals surface area contributed by atoms with Crippen LogP contribution in [0, 0.1) is 0 Å². The number of aromatic nitrogens is 2. The smallest absolute Gasteiger partial charge is 0.319 e. The molecule has 5 heteroatoms. The van der Waals surface area contributed by atoms with Gasteiger partial charge in [0, 0.05) is 12.3 Å². The molecule has 0 fully saturated rings. The Labute approximate surface area is 111 Å². The van der Waals surface area contributed by atoms with Crippen LogP contribution in [-0.4, -0.2) is 16.6 Å². The predicted molar refractivity (Wildman–Crippen MR) is 71.4 cm³/mol. The molecule has 0 saturated carbocycles. The van der Waals surface area contributed by atoms with Gasteiger partial charge in [0.2, 0.25) is 5.88 Å². The Bertz CT molecular complexity index is 460. The van der Waals surface area contributed by atoms with Gasteiger partial charge < -0.3 is 9.47 Å². The molecule has 2 heterocycles. The number of thiophene rings is 1. The van der Waals surface area contributed by atoms with Crippen molar-refractivity contribution in [3.05, 3.63) is 29.8 Å². The largest absolute Gasteiger partial charge is 0.463 e. The molecular weight excluding hydrogens is 248 g/mol. The summed E-state index contributed by atoms with van der Waals surface area (Å²) in [5, 5.41) is 2.77. The fourth-order valence-electron chi connectivity index (χ4n) is 1.39. The summed E-state index contributed by atoms with van der Waals surface area (Å²) in [7, 11) is 0. The van der Waals surface area contributed by atoms with Crippen molar-refractivity contribution in [3.8, 4) is 17.0 Å². The van der Waals surface area contributed by atoms with Gasteiger partial charge in [-0.05, 0) is 23.9 Å². The Kier molecular flexibility index (Phi) is 4.96. The molecule has 0 radical (unpaired) electrons. The summed E-state index contributed by atoms with van der Waals surface area (Å²) in [4.78, 5) is 8.25. The molecule has 0 amide bonds. The van der Waals surface area contributed by atoms with Crippen molar-refractivity contribution < 1.29 is 9.47 Å². The topological polar surface area (TPSA) is 44.2 Å². The highest BCUT2D eigenvalue weighted by Gasteiger charge is 2.03. The van der Waals surface area contributed by atoms with Gasteiger partial charge in [-0.1, -0.05) is 19.8 Å². The second-order valence-electron chi connectivity index (χ2n) is 3.77. The first-order chi connectivity index (χ1) is 8.88. The Morgan fingerprint density at radius 2 is 2.22 bits per heavy atom. The van der Waals surface area contributed by atoms with Crippen LogP contribution in [0.3, 0.4) is 0 Å². The quantitative estimate of drug-likeness (QED) is 0.711. The molecule has 4 nitrogen and oxygen atoms in total. The lowest BCUT2D eigenvalue weighted by molar-refractivity contribution is 0.278. The van der Waals surface area contributed by atoms with E-state index in [1.165, 1.54) is 17.8 Å². The summed E-state index contributed by atoms with van der Waals surface area (Å²) in [5.74, 6) is 0.512. The van der Waals surface area contributed by atoms with Gasteiger partial charge in [-0.15, -0.1) is 11.3 Å². The fourth-order valence-corrected chi connectivity index (χ4v) is 1.97. The highest BCUT2D eigenvalue weighted by Crippen LogP contribution is 2.24. The second kappa shape index (κ2) is 6.96. The standard InChI is InChI=1S/C13H16N2O2S/c1-2-3-4-9-16-13-14-8-7-11(15-13)17-12-6-5-10-18-12/h5-8,10H,2-4,9H2,1H3. The third-order valence-electron chi connectivity index (χ3n) is 2.29. The number of hydrogen-bond donors (Lipinski definition) is 0. The Hall–Kier alpha value is -1.62. The van der Waals surface area contributed by atoms with Crippen LogP contribution in [-0.2, 0) is 0 Å². The minimum Gasteiger partial charge on any atom is -0.463 e. The Balaban J connectivity index is 1.88. The van der Waals surface area contributed by atoms with E-state index >= 15 is 0 Å². The minimum absolute atomic E-state index is 0.375. The minimum atomic E-state index is 0.375. The van der Waals surface area contributed by atoms with Crippen molar-refractivity contribution in [1.82, 2.24) is 9.97 Å². The highest BCUT2D eigenvalue weighted by molar-refractivity contribution is 7.11. The average Bonchev–Trinajstić information content (AvgIpc) is 2.88. The summed E-state index contributed by atoms with van der Waals surface area (Å²) in [6, 6.07) is 5.93. The summed E-state index contributed by atoms with van der Waals surface area (Å²) in [6.07, 6.45) is 5.00. The predicted octanol–water partition coefficient (Wildman–Crippen LogP) is 3.90. The zero-order chi connectivity index (χ0) is 12.6. The number of rotatable bonds is 7. The van der Waals surface area contributed by atoms with Crippen LogP contribution in [0.5, 0.6) is 17.0 Å². The van der Waals surface area contributed by atoms with Gasteiger partial charge in [0.05, 0.1) is 6.61 Å². The summed E-state index contributed by atoms with van der Waals surface area (Å²) in [5.41, 5.74) is 0. The van der Waals surface area contributed by atoms with Crippen molar-refractivity contribution in [2.75, 3.05) is 6.61 Å². The van der Waals surface area contributed by atoms with E-state index in [0.29, 0.717) is 18.5 Å². The highest BCUT2D eigenvalue weighted by atomic mass is 32.1. The van der Waals surface area contributed by atoms with Gasteiger partial charge in [-0.25, -0.2) is 4.98 Å². The van der Waals surface area contributed by atoms with E-state index in [1.807, 2.05) is 17.5 Å². The molecule has 0 atom stereocenters. The number of ether oxygens (including phenoxy) is 2. The number of unbranched alkanes of at least 4 members (excludes halogenated alkanes) is 2. The molecule has 0 N–H and O–H groups in total. The lowest BCUT2D eigenvalue weighted by atomic mass is 10.3. The van der Waals surface area contributed by atoms with Crippen molar-refractivity contribution in [1.29, 1.82) is 0 Å². The van der Waals surface area contributed by atoms with Crippen LogP contribution in [0.2, 0.25) is 0 Å². The van der Waals surface area contributed by atoms with Crippen LogP contribution < -0.4 is 9.47 Å². The zero-order valence-corrected chi connectivity index (χ0v) is 11.2. The average molecular weight is 264 g/mol. The Morgan fingerprint density at radius 1 is 1.28 bits per heavy atom. The molecule has 96 valence electrons. The molecule has 2 aromatic heterocycles. The van der Waals surface area contributed by atoms with Gasteiger partial charge in [0.15, 0.2) is 5.06 Å². The second-order valence-corrected chi connectivity index (χ2v) is 4.68. The molecule has 0 aliphatic heterocycles. The van der Waals surface area contributed by atoms with Crippen molar-refractivity contribution >= 4 is 11.3 Å². The molecule has 0 unspecified atom stereocenters. The number of hydrogen-bond acceptors (Lipinski definition) is 5. The van der Waals surface area contributed by atoms with E-state index < -0.39 is 0 Å². The van der Waals surface area contributed by atoms with Crippen molar-refractivity contribution in [2.24, 2.45) is 0 Å². The third kappa shape index (κ3) is 4.00. The van der Waals surface area contributed by atoms with Gasteiger partial charge in [-0.2, -0.15) is 4.98 Å². The Morgan fingerprint density at radius 3 is 3.00 bits per heavy atom. The summed E-state index contributed by atoms with van der Waals surface area (Å²) < 4.78 is 11.0. The van der Waals surface area contributed by atoms with Gasteiger partial charge >= 0.3 is 6.01 Å². The van der Waals surface area contributed by atoms with Gasteiger partial charge in [0.1, 0.15) is 0 Å². The molecule has 0 aromatic carbocycles. The first-order valence-electron chi connectivity index (χ1n) is 6.05. The van der Waals surface area contributed by atoms with E-state index in [2.05, 4.69) is 16.9 Å². The normalized spacial score (nSPS) is 10.3. The van der Waals surface area contributed by atoms with Crippen molar-refractivity contribution in [3.63, 3.8) is 0 Å². The first kappa shape index (κ1) is 12.8. The van der Waals surface area contributed by atoms with Crippen LogP contribution in [0.1, 0.15) is 26.2 Å². The molecule has 2 rings (SSSR count). The third-order valence-corrected chi connectivity index (χ3v) is 3.03. The fraction of sp³-hybridized carbons (Fsp3) is 0.385. The molecule has 0 aliphatic carbocycles. The maximum atomic E-state index is 5.57. The molecular formula is C13H16N2O2S. The summed E-state index contributed by atoms with van der Waals surface area (Å²) in [6.45, 7) is 2.81. The van der Waals surface area contributed by atoms with Crippen LogP contribution in [0.4, 0.5) is 0 Å². The lowest BCUT2D eigenvalue weighted by Gasteiger charge is -2.05. The molecule has 18 heavy (non-hydrogen) atoms. The monoisotopic (exact) mass is 264 g/mol. The van der Waals surface area contributed by atoms with Crippen molar-refractivity contribution in [2.45, 2.75) is 26.2 Å². The van der Waals surface area contributed by atoms with E-state index in [1.54, 1.807) is 12.3 Å². The molecule has 0 aliphatic rings. The molecule has 0 spiro atoms. The zero-order valence-electron chi connectivity index (χ0n) is 10.3.